The van der Waals surface area contributed by atoms with E-state index in [1.807, 2.05) is 6.07 Å². The fraction of sp³-hybridized carbons (Fsp3) is 0.167. The van der Waals surface area contributed by atoms with Gasteiger partial charge in [-0.25, -0.2) is 0 Å². The van der Waals surface area contributed by atoms with Gasteiger partial charge < -0.3 is 10.1 Å². The summed E-state index contributed by atoms with van der Waals surface area (Å²) in [6.45, 7) is -2.31. The van der Waals surface area contributed by atoms with Crippen LogP contribution < -0.4 is 10.1 Å². The summed E-state index contributed by atoms with van der Waals surface area (Å²) >= 11 is 7.25. The van der Waals surface area contributed by atoms with Crippen molar-refractivity contribution >= 4 is 28.6 Å². The molecule has 2 nitrogen and oxygen atoms in total. The Labute approximate surface area is 112 Å². The van der Waals surface area contributed by atoms with Crippen LogP contribution in [0.15, 0.2) is 36.4 Å². The minimum Gasteiger partial charge on any atom is -0.433 e. The summed E-state index contributed by atoms with van der Waals surface area (Å²) in [5.41, 5.74) is 0.530. The summed E-state index contributed by atoms with van der Waals surface area (Å²) in [7, 11) is 0. The lowest BCUT2D eigenvalue weighted by atomic mass is 10.3. The molecule has 0 aliphatic heterocycles. The summed E-state index contributed by atoms with van der Waals surface area (Å²) in [5, 5.41) is 3.04. The molecule has 2 aromatic rings. The van der Waals surface area contributed by atoms with Crippen LogP contribution in [0.3, 0.4) is 0 Å². The van der Waals surface area contributed by atoms with Gasteiger partial charge in [0.15, 0.2) is 0 Å². The molecule has 0 unspecified atom stereocenters. The molecule has 0 aliphatic carbocycles. The molecule has 0 saturated heterocycles. The first-order chi connectivity index (χ1) is 8.65. The van der Waals surface area contributed by atoms with Crippen LogP contribution in [-0.4, -0.2) is 6.61 Å². The van der Waals surface area contributed by atoms with Crippen molar-refractivity contribution in [3.05, 3.63) is 45.6 Å². The van der Waals surface area contributed by atoms with Crippen LogP contribution in [0.25, 0.3) is 0 Å². The van der Waals surface area contributed by atoms with Crippen molar-refractivity contribution in [2.45, 2.75) is 13.2 Å². The molecule has 0 fully saturated rings. The SMILES string of the molecule is FC(F)Oc1ccccc1NCc1ccc(Cl)s1. The van der Waals surface area contributed by atoms with Crippen LogP contribution in [0.5, 0.6) is 5.75 Å². The summed E-state index contributed by atoms with van der Waals surface area (Å²) < 4.78 is 29.5. The van der Waals surface area contributed by atoms with E-state index in [0.717, 1.165) is 4.88 Å². The predicted molar refractivity (Wildman–Crippen MR) is 69.7 cm³/mol. The van der Waals surface area contributed by atoms with E-state index in [9.17, 15) is 8.78 Å². The van der Waals surface area contributed by atoms with Crippen LogP contribution >= 0.6 is 22.9 Å². The van der Waals surface area contributed by atoms with Gasteiger partial charge in [0, 0.05) is 11.4 Å². The molecular weight excluding hydrogens is 280 g/mol. The lowest BCUT2D eigenvalue weighted by Crippen LogP contribution is -2.06. The Morgan fingerprint density at radius 2 is 2.00 bits per heavy atom. The highest BCUT2D eigenvalue weighted by Crippen LogP contribution is 2.27. The van der Waals surface area contributed by atoms with Gasteiger partial charge in [-0.3, -0.25) is 0 Å². The number of hydrogen-bond acceptors (Lipinski definition) is 3. The van der Waals surface area contributed by atoms with Crippen molar-refractivity contribution in [3.63, 3.8) is 0 Å². The average Bonchev–Trinajstić information content (AvgIpc) is 2.73. The normalized spacial score (nSPS) is 10.7. The van der Waals surface area contributed by atoms with Crippen molar-refractivity contribution < 1.29 is 13.5 Å². The molecule has 1 aromatic heterocycles. The van der Waals surface area contributed by atoms with Gasteiger partial charge in [-0.15, -0.1) is 11.3 Å². The van der Waals surface area contributed by atoms with E-state index in [-0.39, 0.29) is 5.75 Å². The first-order valence-electron chi connectivity index (χ1n) is 5.17. The molecule has 1 heterocycles. The number of para-hydroxylation sites is 2. The Balaban J connectivity index is 2.04. The van der Waals surface area contributed by atoms with Gasteiger partial charge in [0.2, 0.25) is 0 Å². The topological polar surface area (TPSA) is 21.3 Å². The van der Waals surface area contributed by atoms with Crippen LogP contribution in [0, 0.1) is 0 Å². The Hall–Kier alpha value is -1.33. The standard InChI is InChI=1S/C12H10ClF2NOS/c13-11-6-5-8(18-11)7-16-9-3-1-2-4-10(9)17-12(14)15/h1-6,12,16H,7H2. The molecule has 0 amide bonds. The highest BCUT2D eigenvalue weighted by Gasteiger charge is 2.08. The number of halogens is 3. The highest BCUT2D eigenvalue weighted by atomic mass is 35.5. The van der Waals surface area contributed by atoms with Gasteiger partial charge in [0.25, 0.3) is 0 Å². The third-order valence-corrected chi connectivity index (χ3v) is 3.42. The zero-order valence-corrected chi connectivity index (χ0v) is 10.8. The second kappa shape index (κ2) is 6.02. The van der Waals surface area contributed by atoms with Crippen molar-refractivity contribution in [3.8, 4) is 5.75 Å². The quantitative estimate of drug-likeness (QED) is 0.867. The van der Waals surface area contributed by atoms with Gasteiger partial charge in [0.1, 0.15) is 5.75 Å². The molecule has 96 valence electrons. The zero-order valence-electron chi connectivity index (χ0n) is 9.20. The minimum absolute atomic E-state index is 0.134. The Morgan fingerprint density at radius 1 is 1.22 bits per heavy atom. The maximum atomic E-state index is 12.2. The Bertz CT molecular complexity index is 518. The molecule has 0 saturated carbocycles. The third kappa shape index (κ3) is 3.58. The fourth-order valence-electron chi connectivity index (χ4n) is 1.44. The van der Waals surface area contributed by atoms with E-state index < -0.39 is 6.61 Å². The summed E-state index contributed by atoms with van der Waals surface area (Å²) in [5.74, 6) is 0.134. The maximum absolute atomic E-state index is 12.2. The lowest BCUT2D eigenvalue weighted by molar-refractivity contribution is -0.0493. The van der Waals surface area contributed by atoms with E-state index >= 15 is 0 Å². The second-order valence-corrected chi connectivity index (χ2v) is 5.23. The Kier molecular flexibility index (Phi) is 4.38. The van der Waals surface area contributed by atoms with E-state index in [2.05, 4.69) is 10.1 Å². The number of hydrogen-bond donors (Lipinski definition) is 1. The van der Waals surface area contributed by atoms with Gasteiger partial charge in [-0.2, -0.15) is 8.78 Å². The lowest BCUT2D eigenvalue weighted by Gasteiger charge is -2.11. The molecule has 1 N–H and O–H groups in total. The number of anilines is 1. The van der Waals surface area contributed by atoms with Crippen molar-refractivity contribution in [2.75, 3.05) is 5.32 Å². The zero-order chi connectivity index (χ0) is 13.0. The molecular formula is C12H10ClF2NOS. The highest BCUT2D eigenvalue weighted by molar-refractivity contribution is 7.16. The molecule has 2 rings (SSSR count). The fourth-order valence-corrected chi connectivity index (χ4v) is 2.47. The number of ether oxygens (including phenoxy) is 1. The molecule has 0 aliphatic rings. The van der Waals surface area contributed by atoms with Gasteiger partial charge in [-0.05, 0) is 24.3 Å². The van der Waals surface area contributed by atoms with E-state index in [1.54, 1.807) is 24.3 Å². The minimum atomic E-state index is -2.83. The van der Waals surface area contributed by atoms with Crippen LogP contribution in [-0.2, 0) is 6.54 Å². The van der Waals surface area contributed by atoms with Crippen molar-refractivity contribution in [1.82, 2.24) is 0 Å². The van der Waals surface area contributed by atoms with Crippen LogP contribution in [0.1, 0.15) is 4.88 Å². The average molecular weight is 290 g/mol. The monoisotopic (exact) mass is 289 g/mol. The predicted octanol–water partition coefficient (Wildman–Crippen LogP) is 4.62. The van der Waals surface area contributed by atoms with Gasteiger partial charge >= 0.3 is 6.61 Å². The van der Waals surface area contributed by atoms with Gasteiger partial charge in [-0.1, -0.05) is 23.7 Å². The molecule has 0 bridgehead atoms. The molecule has 0 spiro atoms. The number of rotatable bonds is 5. The van der Waals surface area contributed by atoms with Crippen molar-refractivity contribution in [1.29, 1.82) is 0 Å². The van der Waals surface area contributed by atoms with Crippen LogP contribution in [0.2, 0.25) is 4.34 Å². The van der Waals surface area contributed by atoms with Crippen LogP contribution in [0.4, 0.5) is 14.5 Å². The number of nitrogens with one attached hydrogen (secondary N) is 1. The smallest absolute Gasteiger partial charge is 0.387 e. The maximum Gasteiger partial charge on any atom is 0.387 e. The molecule has 18 heavy (non-hydrogen) atoms. The number of benzene rings is 1. The summed E-state index contributed by atoms with van der Waals surface area (Å²) in [4.78, 5) is 1.02. The molecule has 6 heteroatoms. The first-order valence-corrected chi connectivity index (χ1v) is 6.36. The largest absolute Gasteiger partial charge is 0.433 e. The summed E-state index contributed by atoms with van der Waals surface area (Å²) in [6.07, 6.45) is 0. The van der Waals surface area contributed by atoms with Crippen molar-refractivity contribution in [2.24, 2.45) is 0 Å². The van der Waals surface area contributed by atoms with E-state index in [1.165, 1.54) is 17.4 Å². The molecule has 1 aromatic carbocycles. The first kappa shape index (κ1) is 13.1. The molecule has 0 atom stereocenters. The summed E-state index contributed by atoms with van der Waals surface area (Å²) in [6, 6.07) is 10.3. The third-order valence-electron chi connectivity index (χ3n) is 2.19. The number of thiophene rings is 1. The second-order valence-electron chi connectivity index (χ2n) is 3.43. The van der Waals surface area contributed by atoms with E-state index in [0.29, 0.717) is 16.6 Å². The van der Waals surface area contributed by atoms with E-state index in [4.69, 9.17) is 11.6 Å². The number of alkyl halides is 2. The van der Waals surface area contributed by atoms with Gasteiger partial charge in [0.05, 0.1) is 10.0 Å². The Morgan fingerprint density at radius 3 is 2.67 bits per heavy atom. The molecule has 0 radical (unpaired) electrons.